The molecule has 8 heteroatoms. The molecule has 0 fully saturated rings. The Labute approximate surface area is 124 Å². The molecule has 1 amide bonds. The highest BCUT2D eigenvalue weighted by Gasteiger charge is 2.34. The molecule has 0 saturated carbocycles. The highest BCUT2D eigenvalue weighted by molar-refractivity contribution is 5.86. The largest absolute Gasteiger partial charge is 0.435 e. The van der Waals surface area contributed by atoms with Crippen molar-refractivity contribution < 1.29 is 18.0 Å². The maximum atomic E-state index is 12.6. The van der Waals surface area contributed by atoms with Gasteiger partial charge in [-0.15, -0.1) is 0 Å². The van der Waals surface area contributed by atoms with Crippen LogP contribution in [0.1, 0.15) is 11.3 Å². The summed E-state index contributed by atoms with van der Waals surface area (Å²) in [7, 11) is 1.42. The smallest absolute Gasteiger partial charge is 0.348 e. The third kappa shape index (κ3) is 3.51. The van der Waals surface area contributed by atoms with Gasteiger partial charge in [0, 0.05) is 19.8 Å². The molecule has 0 aromatic carbocycles. The first kappa shape index (κ1) is 15.7. The van der Waals surface area contributed by atoms with Crippen LogP contribution in [0, 0.1) is 0 Å². The van der Waals surface area contributed by atoms with Crippen molar-refractivity contribution in [2.24, 2.45) is 7.05 Å². The Kier molecular flexibility index (Phi) is 4.30. The van der Waals surface area contributed by atoms with Gasteiger partial charge in [0.1, 0.15) is 0 Å². The van der Waals surface area contributed by atoms with Gasteiger partial charge < -0.3 is 5.32 Å². The number of amides is 1. The lowest BCUT2D eigenvalue weighted by molar-refractivity contribution is -0.141. The number of hydrogen-bond acceptors (Lipinski definition) is 3. The molecule has 2 aromatic rings. The Balaban J connectivity index is 2.19. The Morgan fingerprint density at radius 2 is 2.18 bits per heavy atom. The fraction of sp³-hybridized carbons (Fsp3) is 0.214. The van der Waals surface area contributed by atoms with Crippen LogP contribution in [-0.4, -0.2) is 20.7 Å². The molecule has 2 aromatic heterocycles. The molecular weight excluding hydrogens is 297 g/mol. The summed E-state index contributed by atoms with van der Waals surface area (Å²) in [6.45, 7) is 3.59. The lowest BCUT2D eigenvalue weighted by Gasteiger charge is -2.04. The van der Waals surface area contributed by atoms with Crippen molar-refractivity contribution in [2.45, 2.75) is 12.7 Å². The Bertz CT molecular complexity index is 689. The summed E-state index contributed by atoms with van der Waals surface area (Å²) in [4.78, 5) is 15.2. The van der Waals surface area contributed by atoms with Gasteiger partial charge in [-0.05, 0) is 23.8 Å². The van der Waals surface area contributed by atoms with Crippen LogP contribution >= 0.6 is 0 Å². The van der Waals surface area contributed by atoms with Crippen LogP contribution in [0.25, 0.3) is 11.4 Å². The molecule has 0 aliphatic carbocycles. The molecule has 116 valence electrons. The quantitative estimate of drug-likeness (QED) is 0.882. The highest BCUT2D eigenvalue weighted by atomic mass is 19.4. The van der Waals surface area contributed by atoms with Crippen LogP contribution in [0.4, 0.5) is 13.2 Å². The predicted molar refractivity (Wildman–Crippen MR) is 73.5 cm³/mol. The topological polar surface area (TPSA) is 59.8 Å². The Morgan fingerprint density at radius 3 is 2.68 bits per heavy atom. The summed E-state index contributed by atoms with van der Waals surface area (Å²) in [5.74, 6) is -0.314. The maximum Gasteiger partial charge on any atom is 0.435 e. The molecule has 0 aliphatic rings. The number of nitrogens with zero attached hydrogens (tertiary/aromatic N) is 3. The molecule has 0 saturated heterocycles. The monoisotopic (exact) mass is 310 g/mol. The van der Waals surface area contributed by atoms with E-state index in [4.69, 9.17) is 0 Å². The minimum Gasteiger partial charge on any atom is -0.348 e. The first-order valence-corrected chi connectivity index (χ1v) is 6.28. The highest BCUT2D eigenvalue weighted by Crippen LogP contribution is 2.30. The van der Waals surface area contributed by atoms with Crippen molar-refractivity contribution in [1.29, 1.82) is 0 Å². The summed E-state index contributed by atoms with van der Waals surface area (Å²) in [5.41, 5.74) is 0.379. The molecule has 0 unspecified atom stereocenters. The van der Waals surface area contributed by atoms with Crippen LogP contribution in [-0.2, 0) is 24.6 Å². The van der Waals surface area contributed by atoms with E-state index in [1.54, 1.807) is 12.1 Å². The SMILES string of the molecule is C=CC(=O)NCc1ccc(-c2cc(C(F)(F)F)nn2C)nc1. The maximum absolute atomic E-state index is 12.6. The van der Waals surface area contributed by atoms with E-state index in [1.165, 1.54) is 13.2 Å². The average Bonchev–Trinajstić information content (AvgIpc) is 2.87. The fourth-order valence-electron chi connectivity index (χ4n) is 1.79. The Morgan fingerprint density at radius 1 is 1.45 bits per heavy atom. The fourth-order valence-corrected chi connectivity index (χ4v) is 1.79. The first-order chi connectivity index (χ1) is 10.3. The van der Waals surface area contributed by atoms with Gasteiger partial charge in [-0.1, -0.05) is 12.6 Å². The van der Waals surface area contributed by atoms with Gasteiger partial charge in [-0.25, -0.2) is 0 Å². The van der Waals surface area contributed by atoms with E-state index >= 15 is 0 Å². The van der Waals surface area contributed by atoms with Gasteiger partial charge in [0.25, 0.3) is 0 Å². The summed E-state index contributed by atoms with van der Waals surface area (Å²) < 4.78 is 39.0. The van der Waals surface area contributed by atoms with Crippen molar-refractivity contribution in [3.8, 4) is 11.4 Å². The van der Waals surface area contributed by atoms with Gasteiger partial charge in [-0.2, -0.15) is 18.3 Å². The number of carbonyl (C=O) groups excluding carboxylic acids is 1. The third-order valence-corrected chi connectivity index (χ3v) is 2.91. The van der Waals surface area contributed by atoms with Gasteiger partial charge in [-0.3, -0.25) is 14.5 Å². The lowest BCUT2D eigenvalue weighted by Crippen LogP contribution is -2.19. The second-order valence-electron chi connectivity index (χ2n) is 4.51. The Hall–Kier alpha value is -2.64. The number of alkyl halides is 3. The van der Waals surface area contributed by atoms with E-state index in [0.29, 0.717) is 5.69 Å². The van der Waals surface area contributed by atoms with Crippen molar-refractivity contribution in [2.75, 3.05) is 0 Å². The molecule has 2 heterocycles. The molecule has 0 atom stereocenters. The summed E-state index contributed by atoms with van der Waals surface area (Å²) in [6, 6.07) is 4.19. The molecule has 0 bridgehead atoms. The van der Waals surface area contributed by atoms with Crippen LogP contribution < -0.4 is 5.32 Å². The van der Waals surface area contributed by atoms with Crippen LogP contribution in [0.5, 0.6) is 0 Å². The third-order valence-electron chi connectivity index (χ3n) is 2.91. The number of carbonyl (C=O) groups is 1. The minimum absolute atomic E-state index is 0.258. The average molecular weight is 310 g/mol. The number of pyridine rings is 1. The van der Waals surface area contributed by atoms with Crippen LogP contribution in [0.2, 0.25) is 0 Å². The number of hydrogen-bond donors (Lipinski definition) is 1. The summed E-state index contributed by atoms with van der Waals surface area (Å²) in [6.07, 6.45) is -1.86. The standard InChI is InChI=1S/C14H13F3N4O/c1-3-13(22)19-8-9-4-5-10(18-7-9)11-6-12(14(15,16)17)20-21(11)2/h3-7H,1,8H2,2H3,(H,19,22). The van der Waals surface area contributed by atoms with Gasteiger partial charge in [0.15, 0.2) is 5.69 Å². The van der Waals surface area contributed by atoms with Crippen molar-refractivity contribution in [3.63, 3.8) is 0 Å². The minimum atomic E-state index is -4.50. The van der Waals surface area contributed by atoms with E-state index in [2.05, 4.69) is 22.0 Å². The van der Waals surface area contributed by atoms with Gasteiger partial charge >= 0.3 is 6.18 Å². The molecule has 2 rings (SSSR count). The van der Waals surface area contributed by atoms with E-state index in [1.807, 2.05) is 0 Å². The molecule has 5 nitrogen and oxygen atoms in total. The number of aromatic nitrogens is 3. The molecule has 0 radical (unpaired) electrons. The number of nitrogens with one attached hydrogen (secondary N) is 1. The molecular formula is C14H13F3N4O. The van der Waals surface area contributed by atoms with Crippen molar-refractivity contribution in [1.82, 2.24) is 20.1 Å². The van der Waals surface area contributed by atoms with E-state index < -0.39 is 11.9 Å². The summed E-state index contributed by atoms with van der Waals surface area (Å²) >= 11 is 0. The molecule has 0 aliphatic heterocycles. The first-order valence-electron chi connectivity index (χ1n) is 6.28. The van der Waals surface area contributed by atoms with Crippen molar-refractivity contribution >= 4 is 5.91 Å². The molecule has 1 N–H and O–H groups in total. The molecule has 0 spiro atoms. The predicted octanol–water partition coefficient (Wildman–Crippen LogP) is 2.30. The lowest BCUT2D eigenvalue weighted by atomic mass is 10.2. The number of halogens is 3. The van der Waals surface area contributed by atoms with Gasteiger partial charge in [0.05, 0.1) is 11.4 Å². The zero-order valence-corrected chi connectivity index (χ0v) is 11.7. The van der Waals surface area contributed by atoms with Crippen LogP contribution in [0.15, 0.2) is 37.1 Å². The zero-order valence-electron chi connectivity index (χ0n) is 11.7. The summed E-state index contributed by atoms with van der Waals surface area (Å²) in [5, 5.41) is 6.01. The number of rotatable bonds is 4. The van der Waals surface area contributed by atoms with E-state index in [0.717, 1.165) is 22.4 Å². The van der Waals surface area contributed by atoms with E-state index in [-0.39, 0.29) is 18.1 Å². The van der Waals surface area contributed by atoms with Crippen LogP contribution in [0.3, 0.4) is 0 Å². The zero-order chi connectivity index (χ0) is 16.3. The number of aryl methyl sites for hydroxylation is 1. The normalized spacial score (nSPS) is 11.3. The molecule has 22 heavy (non-hydrogen) atoms. The van der Waals surface area contributed by atoms with Crippen molar-refractivity contribution in [3.05, 3.63) is 48.3 Å². The van der Waals surface area contributed by atoms with Gasteiger partial charge in [0.2, 0.25) is 5.91 Å². The van der Waals surface area contributed by atoms with E-state index in [9.17, 15) is 18.0 Å². The second-order valence-corrected chi connectivity index (χ2v) is 4.51. The second kappa shape index (κ2) is 6.00.